The van der Waals surface area contributed by atoms with E-state index in [0.717, 1.165) is 16.7 Å². The number of ether oxygens (including phenoxy) is 1. The zero-order chi connectivity index (χ0) is 17.3. The number of aryl methyl sites for hydroxylation is 2. The number of carbonyl (C=O) groups is 2. The fourth-order valence-corrected chi connectivity index (χ4v) is 2.64. The van der Waals surface area contributed by atoms with Crippen molar-refractivity contribution in [3.63, 3.8) is 0 Å². The Labute approximate surface area is 140 Å². The minimum Gasteiger partial charge on any atom is -0.407 e. The number of esters is 1. The number of ketones is 1. The number of aromatic nitrogens is 2. The molecule has 2 aromatic rings. The molecule has 2 rings (SSSR count). The molecule has 1 aromatic carbocycles. The highest BCUT2D eigenvalue weighted by Crippen LogP contribution is 2.30. The van der Waals surface area contributed by atoms with Gasteiger partial charge in [-0.25, -0.2) is 4.68 Å². The van der Waals surface area contributed by atoms with E-state index in [9.17, 15) is 9.59 Å². The quantitative estimate of drug-likeness (QED) is 0.632. The molecule has 0 saturated heterocycles. The number of hydrogen-bond acceptors (Lipinski definition) is 4. The van der Waals surface area contributed by atoms with Gasteiger partial charge in [0.1, 0.15) is 5.56 Å². The van der Waals surface area contributed by atoms with E-state index in [1.165, 1.54) is 17.8 Å². The highest BCUT2D eigenvalue weighted by molar-refractivity contribution is 6.36. The lowest BCUT2D eigenvalue weighted by molar-refractivity contribution is -0.132. The van der Waals surface area contributed by atoms with E-state index in [1.54, 1.807) is 6.07 Å². The largest absolute Gasteiger partial charge is 0.407 e. The van der Waals surface area contributed by atoms with Gasteiger partial charge in [-0.2, -0.15) is 5.10 Å². The third-order valence-electron chi connectivity index (χ3n) is 3.90. The van der Waals surface area contributed by atoms with Gasteiger partial charge in [0.05, 0.1) is 11.2 Å². The molecule has 0 aliphatic carbocycles. The first kappa shape index (κ1) is 17.2. The molecule has 0 spiro atoms. The molecule has 0 saturated carbocycles. The Morgan fingerprint density at radius 1 is 1.22 bits per heavy atom. The smallest absolute Gasteiger partial charge is 0.309 e. The summed E-state index contributed by atoms with van der Waals surface area (Å²) in [6.07, 6.45) is 1.41. The normalized spacial score (nSPS) is 10.7. The van der Waals surface area contributed by atoms with Crippen molar-refractivity contribution < 1.29 is 14.3 Å². The van der Waals surface area contributed by atoms with Crippen molar-refractivity contribution >= 4 is 23.4 Å². The van der Waals surface area contributed by atoms with Gasteiger partial charge in [0.25, 0.3) is 0 Å². The van der Waals surface area contributed by atoms with Crippen molar-refractivity contribution in [2.45, 2.75) is 41.2 Å². The van der Waals surface area contributed by atoms with Crippen molar-refractivity contribution in [2.24, 2.45) is 0 Å². The summed E-state index contributed by atoms with van der Waals surface area (Å²) in [6, 6.07) is 1.76. The molecule has 0 fully saturated rings. The van der Waals surface area contributed by atoms with Gasteiger partial charge in [0, 0.05) is 19.0 Å². The molecule has 1 heterocycles. The Bertz CT molecular complexity index is 794. The minimum atomic E-state index is -0.503. The van der Waals surface area contributed by atoms with Crippen LogP contribution in [0, 0.1) is 20.8 Å². The standard InChI is InChI=1S/C17H19ClN2O3/c1-6-20-17(23-12(5)21)14(8-19-20)16(22)13-7-9(2)10(3)11(4)15(13)18/h7-8H,6H2,1-5H3. The van der Waals surface area contributed by atoms with E-state index < -0.39 is 5.97 Å². The lowest BCUT2D eigenvalue weighted by atomic mass is 9.96. The molecule has 23 heavy (non-hydrogen) atoms. The van der Waals surface area contributed by atoms with Crippen molar-refractivity contribution in [1.82, 2.24) is 9.78 Å². The third-order valence-corrected chi connectivity index (χ3v) is 4.39. The highest BCUT2D eigenvalue weighted by atomic mass is 35.5. The van der Waals surface area contributed by atoms with Gasteiger partial charge in [-0.05, 0) is 50.5 Å². The maximum absolute atomic E-state index is 12.9. The van der Waals surface area contributed by atoms with Crippen molar-refractivity contribution in [2.75, 3.05) is 0 Å². The Morgan fingerprint density at radius 2 is 1.87 bits per heavy atom. The summed E-state index contributed by atoms with van der Waals surface area (Å²) in [5.74, 6) is -0.661. The maximum Gasteiger partial charge on any atom is 0.309 e. The summed E-state index contributed by atoms with van der Waals surface area (Å²) >= 11 is 6.36. The van der Waals surface area contributed by atoms with Crippen molar-refractivity contribution in [1.29, 1.82) is 0 Å². The SMILES string of the molecule is CCn1ncc(C(=O)c2cc(C)c(C)c(C)c2Cl)c1OC(C)=O. The number of nitrogens with zero attached hydrogens (tertiary/aromatic N) is 2. The van der Waals surface area contributed by atoms with Gasteiger partial charge < -0.3 is 4.74 Å². The summed E-state index contributed by atoms with van der Waals surface area (Å²) in [5.41, 5.74) is 3.51. The van der Waals surface area contributed by atoms with Gasteiger partial charge >= 0.3 is 5.97 Å². The zero-order valence-corrected chi connectivity index (χ0v) is 14.6. The van der Waals surface area contributed by atoms with Crippen molar-refractivity contribution in [3.05, 3.63) is 45.1 Å². The fourth-order valence-electron chi connectivity index (χ4n) is 2.36. The topological polar surface area (TPSA) is 61.2 Å². The maximum atomic E-state index is 12.9. The van der Waals surface area contributed by atoms with Gasteiger partial charge in [-0.1, -0.05) is 11.6 Å². The minimum absolute atomic E-state index is 0.150. The molecule has 0 aliphatic heterocycles. The Hall–Kier alpha value is -2.14. The van der Waals surface area contributed by atoms with Crippen LogP contribution in [0.2, 0.25) is 5.02 Å². The van der Waals surface area contributed by atoms with Crippen LogP contribution in [-0.2, 0) is 11.3 Å². The Morgan fingerprint density at radius 3 is 2.43 bits per heavy atom. The average molecular weight is 335 g/mol. The van der Waals surface area contributed by atoms with Gasteiger partial charge in [-0.15, -0.1) is 0 Å². The molecule has 6 heteroatoms. The van der Waals surface area contributed by atoms with E-state index in [-0.39, 0.29) is 17.2 Å². The molecule has 5 nitrogen and oxygen atoms in total. The molecule has 0 aliphatic rings. The second kappa shape index (κ2) is 6.54. The van der Waals surface area contributed by atoms with E-state index in [1.807, 2.05) is 27.7 Å². The summed E-state index contributed by atoms with van der Waals surface area (Å²) in [5, 5.41) is 4.51. The number of hydrogen-bond donors (Lipinski definition) is 0. The molecule has 0 radical (unpaired) electrons. The van der Waals surface area contributed by atoms with Crippen molar-refractivity contribution in [3.8, 4) is 5.88 Å². The second-order valence-electron chi connectivity index (χ2n) is 5.41. The molecule has 122 valence electrons. The fraction of sp³-hybridized carbons (Fsp3) is 0.353. The summed E-state index contributed by atoms with van der Waals surface area (Å²) in [4.78, 5) is 24.2. The first-order chi connectivity index (χ1) is 10.8. The van der Waals surface area contributed by atoms with Gasteiger partial charge in [0.2, 0.25) is 11.7 Å². The Balaban J connectivity index is 2.58. The zero-order valence-electron chi connectivity index (χ0n) is 13.9. The van der Waals surface area contributed by atoms with E-state index in [4.69, 9.17) is 16.3 Å². The predicted molar refractivity (Wildman–Crippen MR) is 88.3 cm³/mol. The summed E-state index contributed by atoms with van der Waals surface area (Å²) in [7, 11) is 0. The average Bonchev–Trinajstić information content (AvgIpc) is 2.90. The van der Waals surface area contributed by atoms with Crippen LogP contribution in [0.25, 0.3) is 0 Å². The van der Waals surface area contributed by atoms with Gasteiger partial charge in [-0.3, -0.25) is 9.59 Å². The lowest BCUT2D eigenvalue weighted by Gasteiger charge is -2.12. The number of carbonyl (C=O) groups excluding carboxylic acids is 2. The first-order valence-electron chi connectivity index (χ1n) is 7.33. The van der Waals surface area contributed by atoms with Gasteiger partial charge in [0.15, 0.2) is 0 Å². The molecular formula is C17H19ClN2O3. The van der Waals surface area contributed by atoms with Crippen LogP contribution in [0.4, 0.5) is 0 Å². The number of benzene rings is 1. The lowest BCUT2D eigenvalue weighted by Crippen LogP contribution is -2.12. The van der Waals surface area contributed by atoms with Crippen LogP contribution in [0.15, 0.2) is 12.3 Å². The van der Waals surface area contributed by atoms with Crippen LogP contribution in [0.5, 0.6) is 5.88 Å². The van der Waals surface area contributed by atoms with E-state index in [2.05, 4.69) is 5.10 Å². The molecule has 0 atom stereocenters. The Kier molecular flexibility index (Phi) is 4.90. The third kappa shape index (κ3) is 3.15. The predicted octanol–water partition coefficient (Wildman–Crippen LogP) is 3.64. The number of rotatable bonds is 4. The van der Waals surface area contributed by atoms with Crippen LogP contribution in [0.1, 0.15) is 46.5 Å². The van der Waals surface area contributed by atoms with Crippen LogP contribution in [-0.4, -0.2) is 21.5 Å². The van der Waals surface area contributed by atoms with E-state index >= 15 is 0 Å². The first-order valence-corrected chi connectivity index (χ1v) is 7.70. The number of halogens is 1. The van der Waals surface area contributed by atoms with Crippen LogP contribution in [0.3, 0.4) is 0 Å². The second-order valence-corrected chi connectivity index (χ2v) is 5.78. The molecule has 0 N–H and O–H groups in total. The molecule has 0 amide bonds. The molecule has 0 unspecified atom stereocenters. The monoisotopic (exact) mass is 334 g/mol. The van der Waals surface area contributed by atoms with Crippen LogP contribution >= 0.6 is 11.6 Å². The van der Waals surface area contributed by atoms with E-state index in [0.29, 0.717) is 17.1 Å². The molecular weight excluding hydrogens is 316 g/mol. The molecule has 0 bridgehead atoms. The molecule has 1 aromatic heterocycles. The summed E-state index contributed by atoms with van der Waals surface area (Å²) in [6.45, 7) is 9.39. The highest BCUT2D eigenvalue weighted by Gasteiger charge is 2.24. The summed E-state index contributed by atoms with van der Waals surface area (Å²) < 4.78 is 6.64. The van der Waals surface area contributed by atoms with Crippen LogP contribution < -0.4 is 4.74 Å².